The van der Waals surface area contributed by atoms with E-state index >= 15 is 0 Å². The van der Waals surface area contributed by atoms with Gasteiger partial charge in [-0.1, -0.05) is 37.3 Å². The normalized spacial score (nSPS) is 12.3. The minimum absolute atomic E-state index is 0.00352. The molecule has 4 nitrogen and oxygen atoms in total. The van der Waals surface area contributed by atoms with Crippen molar-refractivity contribution in [1.82, 2.24) is 9.97 Å². The van der Waals surface area contributed by atoms with Gasteiger partial charge in [-0.2, -0.15) is 0 Å². The largest absolute Gasteiger partial charge is 0.325 e. The zero-order chi connectivity index (χ0) is 11.5. The van der Waals surface area contributed by atoms with Crippen molar-refractivity contribution in [2.75, 3.05) is 0 Å². The summed E-state index contributed by atoms with van der Waals surface area (Å²) < 4.78 is 0. The summed E-state index contributed by atoms with van der Waals surface area (Å²) in [5, 5.41) is 0. The molecule has 1 aromatic carbocycles. The van der Waals surface area contributed by atoms with Crippen LogP contribution in [0.25, 0.3) is 0 Å². The summed E-state index contributed by atoms with van der Waals surface area (Å²) in [5.41, 5.74) is 0.843. The maximum atomic E-state index is 11.2. The van der Waals surface area contributed by atoms with Crippen molar-refractivity contribution in [1.29, 1.82) is 0 Å². The third-order valence-corrected chi connectivity index (χ3v) is 2.55. The van der Waals surface area contributed by atoms with Crippen LogP contribution in [-0.2, 0) is 0 Å². The first-order valence-electron chi connectivity index (χ1n) is 5.05. The Bertz CT molecular complexity index is 555. The Morgan fingerprint density at radius 2 is 1.75 bits per heavy atom. The Morgan fingerprint density at radius 1 is 1.06 bits per heavy atom. The quantitative estimate of drug-likeness (QED) is 0.792. The lowest BCUT2D eigenvalue weighted by Crippen LogP contribution is -2.23. The Kier molecular flexibility index (Phi) is 2.72. The van der Waals surface area contributed by atoms with Crippen LogP contribution in [0.15, 0.2) is 46.0 Å². The highest BCUT2D eigenvalue weighted by Gasteiger charge is 2.09. The van der Waals surface area contributed by atoms with Crippen molar-refractivity contribution in [2.24, 2.45) is 0 Å². The van der Waals surface area contributed by atoms with Crippen LogP contribution in [0.4, 0.5) is 0 Å². The van der Waals surface area contributed by atoms with Gasteiger partial charge in [-0.05, 0) is 5.56 Å². The molecule has 1 unspecified atom stereocenters. The molecule has 0 bridgehead atoms. The number of H-pyrrole nitrogens is 2. The van der Waals surface area contributed by atoms with Crippen molar-refractivity contribution in [3.63, 3.8) is 0 Å². The Hall–Kier alpha value is -2.10. The highest BCUT2D eigenvalue weighted by atomic mass is 16.2. The van der Waals surface area contributed by atoms with E-state index in [0.29, 0.717) is 5.69 Å². The van der Waals surface area contributed by atoms with E-state index in [-0.39, 0.29) is 11.5 Å². The van der Waals surface area contributed by atoms with Crippen LogP contribution >= 0.6 is 0 Å². The van der Waals surface area contributed by atoms with Gasteiger partial charge >= 0.3 is 5.69 Å². The first kappa shape index (κ1) is 10.4. The lowest BCUT2D eigenvalue weighted by atomic mass is 9.98. The molecule has 0 aliphatic carbocycles. The van der Waals surface area contributed by atoms with E-state index in [1.54, 1.807) is 0 Å². The molecule has 0 spiro atoms. The van der Waals surface area contributed by atoms with Gasteiger partial charge in [0.25, 0.3) is 5.56 Å². The lowest BCUT2D eigenvalue weighted by molar-refractivity contribution is 0.835. The third kappa shape index (κ3) is 2.11. The second kappa shape index (κ2) is 4.18. The molecule has 0 radical (unpaired) electrons. The summed E-state index contributed by atoms with van der Waals surface area (Å²) >= 11 is 0. The summed E-state index contributed by atoms with van der Waals surface area (Å²) in [6.45, 7) is 1.94. The Labute approximate surface area is 92.0 Å². The summed E-state index contributed by atoms with van der Waals surface area (Å²) in [4.78, 5) is 27.1. The molecule has 82 valence electrons. The van der Waals surface area contributed by atoms with Crippen molar-refractivity contribution >= 4 is 0 Å². The van der Waals surface area contributed by atoms with Gasteiger partial charge in [0.2, 0.25) is 0 Å². The van der Waals surface area contributed by atoms with Crippen LogP contribution in [0, 0.1) is 0 Å². The van der Waals surface area contributed by atoms with E-state index < -0.39 is 5.69 Å². The van der Waals surface area contributed by atoms with Crippen LogP contribution < -0.4 is 11.2 Å². The monoisotopic (exact) mass is 216 g/mol. The molecule has 2 rings (SSSR count). The van der Waals surface area contributed by atoms with Crippen molar-refractivity contribution < 1.29 is 0 Å². The van der Waals surface area contributed by atoms with Gasteiger partial charge in [-0.25, -0.2) is 4.79 Å². The topological polar surface area (TPSA) is 65.7 Å². The average Bonchev–Trinajstić information content (AvgIpc) is 2.28. The van der Waals surface area contributed by atoms with Gasteiger partial charge in [0.15, 0.2) is 0 Å². The van der Waals surface area contributed by atoms with Crippen LogP contribution in [0.5, 0.6) is 0 Å². The third-order valence-electron chi connectivity index (χ3n) is 2.55. The molecule has 1 heterocycles. The summed E-state index contributed by atoms with van der Waals surface area (Å²) in [5.74, 6) is -0.00352. The number of aromatic nitrogens is 2. The molecule has 0 amide bonds. The fourth-order valence-electron chi connectivity index (χ4n) is 1.64. The Balaban J connectivity index is 2.45. The summed E-state index contributed by atoms with van der Waals surface area (Å²) in [6.07, 6.45) is 0. The number of aromatic amines is 2. The van der Waals surface area contributed by atoms with Crippen LogP contribution in [-0.4, -0.2) is 9.97 Å². The predicted octanol–water partition coefficient (Wildman–Crippen LogP) is 1.21. The van der Waals surface area contributed by atoms with Crippen molar-refractivity contribution in [2.45, 2.75) is 12.8 Å². The molecule has 0 saturated heterocycles. The SMILES string of the molecule is CC(c1ccccc1)c1cc(=O)[nH]c(=O)[nH]1. The summed E-state index contributed by atoms with van der Waals surface area (Å²) in [7, 11) is 0. The van der Waals surface area contributed by atoms with E-state index in [1.165, 1.54) is 6.07 Å². The van der Waals surface area contributed by atoms with Gasteiger partial charge in [-0.15, -0.1) is 0 Å². The first-order chi connectivity index (χ1) is 7.66. The fourth-order valence-corrected chi connectivity index (χ4v) is 1.64. The first-order valence-corrected chi connectivity index (χ1v) is 5.05. The average molecular weight is 216 g/mol. The van der Waals surface area contributed by atoms with Gasteiger partial charge < -0.3 is 4.98 Å². The minimum Gasteiger partial charge on any atom is -0.311 e. The highest BCUT2D eigenvalue weighted by molar-refractivity contribution is 5.26. The molecule has 4 heteroatoms. The van der Waals surface area contributed by atoms with Gasteiger partial charge in [0.05, 0.1) is 0 Å². The predicted molar refractivity (Wildman–Crippen MR) is 61.6 cm³/mol. The van der Waals surface area contributed by atoms with Crippen LogP contribution in [0.2, 0.25) is 0 Å². The molecule has 0 saturated carbocycles. The summed E-state index contributed by atoms with van der Waals surface area (Å²) in [6, 6.07) is 11.1. The molecule has 0 fully saturated rings. The zero-order valence-electron chi connectivity index (χ0n) is 8.86. The van der Waals surface area contributed by atoms with Crippen LogP contribution in [0.1, 0.15) is 24.1 Å². The molecule has 0 aliphatic rings. The number of nitrogens with one attached hydrogen (secondary N) is 2. The highest BCUT2D eigenvalue weighted by Crippen LogP contribution is 2.19. The van der Waals surface area contributed by atoms with E-state index in [1.807, 2.05) is 37.3 Å². The molecular formula is C12H12N2O2. The molecule has 2 N–H and O–H groups in total. The Morgan fingerprint density at radius 3 is 2.38 bits per heavy atom. The van der Waals surface area contributed by atoms with E-state index in [4.69, 9.17) is 0 Å². The second-order valence-electron chi connectivity index (χ2n) is 3.68. The van der Waals surface area contributed by atoms with Crippen LogP contribution in [0.3, 0.4) is 0 Å². The fraction of sp³-hybridized carbons (Fsp3) is 0.167. The second-order valence-corrected chi connectivity index (χ2v) is 3.68. The van der Waals surface area contributed by atoms with E-state index in [9.17, 15) is 9.59 Å². The molecule has 1 aromatic heterocycles. The van der Waals surface area contributed by atoms with Gasteiger partial charge in [0, 0.05) is 17.7 Å². The zero-order valence-corrected chi connectivity index (χ0v) is 8.86. The number of benzene rings is 1. The maximum Gasteiger partial charge on any atom is 0.325 e. The minimum atomic E-state index is -0.467. The van der Waals surface area contributed by atoms with E-state index in [2.05, 4.69) is 9.97 Å². The van der Waals surface area contributed by atoms with E-state index in [0.717, 1.165) is 5.56 Å². The van der Waals surface area contributed by atoms with Crippen molar-refractivity contribution in [3.05, 3.63) is 68.5 Å². The van der Waals surface area contributed by atoms with Crippen molar-refractivity contribution in [3.8, 4) is 0 Å². The standard InChI is InChI=1S/C12H12N2O2/c1-8(9-5-3-2-4-6-9)10-7-11(15)14-12(16)13-10/h2-8H,1H3,(H2,13,14,15,16). The molecule has 2 aromatic rings. The number of rotatable bonds is 2. The maximum absolute atomic E-state index is 11.2. The molecule has 16 heavy (non-hydrogen) atoms. The number of hydrogen-bond donors (Lipinski definition) is 2. The number of hydrogen-bond acceptors (Lipinski definition) is 2. The smallest absolute Gasteiger partial charge is 0.311 e. The molecule has 1 atom stereocenters. The molecule has 0 aliphatic heterocycles. The lowest BCUT2D eigenvalue weighted by Gasteiger charge is -2.10. The van der Waals surface area contributed by atoms with Gasteiger partial charge in [-0.3, -0.25) is 9.78 Å². The molecular weight excluding hydrogens is 204 g/mol. The van der Waals surface area contributed by atoms with Gasteiger partial charge in [0.1, 0.15) is 0 Å².